The Labute approximate surface area is 71.6 Å². The number of rotatable bonds is 2. The molecule has 0 fully saturated rings. The van der Waals surface area contributed by atoms with Gasteiger partial charge >= 0.3 is 5.97 Å². The maximum atomic E-state index is 11.0. The summed E-state index contributed by atoms with van der Waals surface area (Å²) in [6, 6.07) is 1.70. The highest BCUT2D eigenvalue weighted by Crippen LogP contribution is 2.03. The van der Waals surface area contributed by atoms with Gasteiger partial charge in [-0.1, -0.05) is 5.92 Å². The summed E-state index contributed by atoms with van der Waals surface area (Å²) in [6.45, 7) is 3.43. The summed E-state index contributed by atoms with van der Waals surface area (Å²) in [4.78, 5) is 11.0. The highest BCUT2D eigenvalue weighted by Gasteiger charge is 2.11. The molecule has 0 atom stereocenters. The van der Waals surface area contributed by atoms with Crippen LogP contribution in [0.3, 0.4) is 0 Å². The summed E-state index contributed by atoms with van der Waals surface area (Å²) < 4.78 is 4.60. The molecule has 0 spiro atoms. The Bertz CT molecular complexity index is 289. The number of hydrogen-bond donors (Lipinski definition) is 0. The van der Waals surface area contributed by atoms with Gasteiger partial charge in [-0.2, -0.15) is 5.26 Å². The Kier molecular flexibility index (Phi) is 4.26. The highest BCUT2D eigenvalue weighted by molar-refractivity contribution is 5.94. The minimum atomic E-state index is -0.657. The van der Waals surface area contributed by atoms with E-state index in [2.05, 4.69) is 10.7 Å². The second kappa shape index (κ2) is 4.98. The first-order valence-corrected chi connectivity index (χ1v) is 3.42. The lowest BCUT2D eigenvalue weighted by atomic mass is 10.1. The summed E-state index contributed by atoms with van der Waals surface area (Å²) in [5, 5.41) is 8.52. The summed E-state index contributed by atoms with van der Waals surface area (Å²) in [5.41, 5.74) is 0.204. The van der Waals surface area contributed by atoms with E-state index in [1.54, 1.807) is 13.0 Å². The average molecular weight is 163 g/mol. The van der Waals surface area contributed by atoms with Gasteiger partial charge in [-0.3, -0.25) is 0 Å². The molecule has 0 radical (unpaired) electrons. The van der Waals surface area contributed by atoms with Crippen molar-refractivity contribution in [3.05, 3.63) is 11.1 Å². The Morgan fingerprint density at radius 3 is 2.58 bits per heavy atom. The van der Waals surface area contributed by atoms with Gasteiger partial charge in [0.25, 0.3) is 0 Å². The van der Waals surface area contributed by atoms with Crippen LogP contribution in [0.4, 0.5) is 0 Å². The lowest BCUT2D eigenvalue weighted by Gasteiger charge is -1.99. The van der Waals surface area contributed by atoms with E-state index in [1.165, 1.54) is 6.92 Å². The van der Waals surface area contributed by atoms with Crippen LogP contribution in [0.15, 0.2) is 11.1 Å². The molecule has 0 aromatic carbocycles. The van der Waals surface area contributed by atoms with Crippen molar-refractivity contribution in [1.29, 1.82) is 5.26 Å². The molecule has 0 amide bonds. The van der Waals surface area contributed by atoms with Gasteiger partial charge in [0.2, 0.25) is 0 Å². The molecule has 12 heavy (non-hydrogen) atoms. The first kappa shape index (κ1) is 10.3. The van der Waals surface area contributed by atoms with Crippen molar-refractivity contribution < 1.29 is 9.53 Å². The Morgan fingerprint density at radius 2 is 2.25 bits per heavy atom. The largest absolute Gasteiger partial charge is 0.462 e. The summed E-state index contributed by atoms with van der Waals surface area (Å²) in [6.07, 6.45) is 5.02. The van der Waals surface area contributed by atoms with Crippen LogP contribution in [0.2, 0.25) is 0 Å². The van der Waals surface area contributed by atoms with Crippen LogP contribution >= 0.6 is 0 Å². The molecule has 3 heteroatoms. The molecule has 0 aromatic rings. The maximum Gasteiger partial charge on any atom is 0.349 e. The van der Waals surface area contributed by atoms with Crippen molar-refractivity contribution in [2.24, 2.45) is 0 Å². The molecule has 0 N–H and O–H groups in total. The molecule has 62 valence electrons. The number of nitrogens with zero attached hydrogens (tertiary/aromatic N) is 1. The second-order valence-corrected chi connectivity index (χ2v) is 1.98. The van der Waals surface area contributed by atoms with E-state index in [0.717, 1.165) is 0 Å². The molecule has 0 bridgehead atoms. The van der Waals surface area contributed by atoms with Crippen molar-refractivity contribution in [2.75, 3.05) is 6.61 Å². The molecule has 0 unspecified atom stereocenters. The smallest absolute Gasteiger partial charge is 0.349 e. The number of carbonyl (C=O) groups is 1. The predicted octanol–water partition coefficient (Wildman–Crippen LogP) is 1.02. The summed E-state index contributed by atoms with van der Waals surface area (Å²) >= 11 is 0. The maximum absolute atomic E-state index is 11.0. The fourth-order valence-electron chi connectivity index (χ4n) is 0.558. The van der Waals surface area contributed by atoms with Crippen molar-refractivity contribution in [3.8, 4) is 18.4 Å². The number of terminal acetylenes is 1. The Balaban J connectivity index is 4.74. The minimum absolute atomic E-state index is 0.0978. The van der Waals surface area contributed by atoms with E-state index in [0.29, 0.717) is 5.57 Å². The fourth-order valence-corrected chi connectivity index (χ4v) is 0.558. The molecule has 0 saturated heterocycles. The number of allylic oxidation sites excluding steroid dienone is 1. The summed E-state index contributed by atoms with van der Waals surface area (Å²) in [5.74, 6) is 1.55. The van der Waals surface area contributed by atoms with Crippen LogP contribution in [0.5, 0.6) is 0 Å². The summed E-state index contributed by atoms with van der Waals surface area (Å²) in [7, 11) is 0. The van der Waals surface area contributed by atoms with Crippen LogP contribution in [0.25, 0.3) is 0 Å². The van der Waals surface area contributed by atoms with Gasteiger partial charge in [0.1, 0.15) is 11.6 Å². The van der Waals surface area contributed by atoms with Crippen LogP contribution < -0.4 is 0 Å². The van der Waals surface area contributed by atoms with Gasteiger partial charge in [-0.25, -0.2) is 4.79 Å². The van der Waals surface area contributed by atoms with Crippen molar-refractivity contribution in [3.63, 3.8) is 0 Å². The third-order valence-corrected chi connectivity index (χ3v) is 1.18. The van der Waals surface area contributed by atoms with Gasteiger partial charge in [-0.15, -0.1) is 6.42 Å². The van der Waals surface area contributed by atoms with E-state index in [4.69, 9.17) is 11.7 Å². The molecular weight excluding hydrogens is 154 g/mol. The number of esters is 1. The number of nitriles is 1. The van der Waals surface area contributed by atoms with Gasteiger partial charge in [-0.05, 0) is 13.8 Å². The van der Waals surface area contributed by atoms with Crippen molar-refractivity contribution in [1.82, 2.24) is 0 Å². The molecule has 0 saturated carbocycles. The van der Waals surface area contributed by atoms with Crippen LogP contribution in [-0.2, 0) is 9.53 Å². The number of carbonyl (C=O) groups excluding carboxylic acids is 1. The van der Waals surface area contributed by atoms with Gasteiger partial charge in [0.05, 0.1) is 6.61 Å². The van der Waals surface area contributed by atoms with Gasteiger partial charge in [0, 0.05) is 5.57 Å². The average Bonchev–Trinajstić information content (AvgIpc) is 2.06. The number of hydrogen-bond acceptors (Lipinski definition) is 3. The monoisotopic (exact) mass is 163 g/mol. The fraction of sp³-hybridized carbons (Fsp3) is 0.333. The van der Waals surface area contributed by atoms with E-state index in [1.807, 2.05) is 0 Å². The van der Waals surface area contributed by atoms with E-state index in [9.17, 15) is 4.79 Å². The normalized spacial score (nSPS) is 10.7. The van der Waals surface area contributed by atoms with Crippen LogP contribution in [0, 0.1) is 23.7 Å². The zero-order valence-electron chi connectivity index (χ0n) is 7.05. The molecule has 0 aliphatic rings. The van der Waals surface area contributed by atoms with E-state index in [-0.39, 0.29) is 12.2 Å². The zero-order valence-corrected chi connectivity index (χ0v) is 7.05. The third kappa shape index (κ3) is 2.48. The van der Waals surface area contributed by atoms with Gasteiger partial charge < -0.3 is 4.74 Å². The zero-order chi connectivity index (χ0) is 9.56. The SMILES string of the molecule is C#CC(C)=C(C#N)C(=O)OCC. The van der Waals surface area contributed by atoms with Crippen LogP contribution in [-0.4, -0.2) is 12.6 Å². The van der Waals surface area contributed by atoms with Crippen molar-refractivity contribution >= 4 is 5.97 Å². The first-order valence-electron chi connectivity index (χ1n) is 3.42. The van der Waals surface area contributed by atoms with Crippen LogP contribution in [0.1, 0.15) is 13.8 Å². The van der Waals surface area contributed by atoms with Gasteiger partial charge in [0.15, 0.2) is 0 Å². The van der Waals surface area contributed by atoms with E-state index < -0.39 is 5.97 Å². The standard InChI is InChI=1S/C9H9NO2/c1-4-7(3)8(6-10)9(11)12-5-2/h1H,5H2,2-3H3. The lowest BCUT2D eigenvalue weighted by Crippen LogP contribution is -2.07. The predicted molar refractivity (Wildman–Crippen MR) is 43.8 cm³/mol. The minimum Gasteiger partial charge on any atom is -0.462 e. The Hall–Kier alpha value is -1.74. The second-order valence-electron chi connectivity index (χ2n) is 1.98. The topological polar surface area (TPSA) is 50.1 Å². The molecule has 0 heterocycles. The first-order chi connectivity index (χ1) is 5.67. The molecule has 0 aliphatic carbocycles. The molecule has 0 aliphatic heterocycles. The molecule has 0 rings (SSSR count). The van der Waals surface area contributed by atoms with Crippen molar-refractivity contribution in [2.45, 2.75) is 13.8 Å². The number of ether oxygens (including phenoxy) is 1. The lowest BCUT2D eigenvalue weighted by molar-refractivity contribution is -0.138. The molecular formula is C9H9NO2. The molecule has 0 aromatic heterocycles. The Morgan fingerprint density at radius 1 is 1.67 bits per heavy atom. The molecule has 3 nitrogen and oxygen atoms in total. The third-order valence-electron chi connectivity index (χ3n) is 1.18. The highest BCUT2D eigenvalue weighted by atomic mass is 16.5. The van der Waals surface area contributed by atoms with E-state index >= 15 is 0 Å². The quantitative estimate of drug-likeness (QED) is 0.264.